The van der Waals surface area contributed by atoms with E-state index in [-0.39, 0.29) is 0 Å². The Morgan fingerprint density at radius 1 is 0.274 bits per heavy atom. The first kappa shape index (κ1) is 35.0. The van der Waals surface area contributed by atoms with Crippen LogP contribution in [0, 0.1) is 0 Å². The largest absolute Gasteiger partial charge is 0.208 e. The van der Waals surface area contributed by atoms with Crippen LogP contribution in [-0.2, 0) is 5.41 Å². The predicted molar refractivity (Wildman–Crippen MR) is 256 cm³/mol. The smallest absolute Gasteiger partial charge is 0.164 e. The molecule has 2 heterocycles. The highest BCUT2D eigenvalue weighted by Gasteiger charge is 2.51. The van der Waals surface area contributed by atoms with Gasteiger partial charge >= 0.3 is 0 Å². The lowest BCUT2D eigenvalue weighted by Crippen LogP contribution is -2.25. The van der Waals surface area contributed by atoms with Crippen molar-refractivity contribution in [3.05, 3.63) is 235 Å². The fraction of sp³-hybridized carbons (Fsp3) is 0.0172. The van der Waals surface area contributed by atoms with Crippen LogP contribution in [0.4, 0.5) is 0 Å². The maximum absolute atomic E-state index is 5.26. The molecule has 2 aromatic heterocycles. The van der Waals surface area contributed by atoms with E-state index in [2.05, 4.69) is 206 Å². The van der Waals surface area contributed by atoms with Gasteiger partial charge in [0.05, 0.1) is 5.41 Å². The third-order valence-electron chi connectivity index (χ3n) is 13.0. The number of hydrogen-bond donors (Lipinski definition) is 0. The summed E-state index contributed by atoms with van der Waals surface area (Å²) in [6.07, 6.45) is 0. The van der Waals surface area contributed by atoms with Crippen LogP contribution in [0.25, 0.3) is 98.8 Å². The van der Waals surface area contributed by atoms with Gasteiger partial charge in [0.15, 0.2) is 17.5 Å². The summed E-state index contributed by atoms with van der Waals surface area (Å²) in [5.74, 6) is 1.92. The molecule has 0 amide bonds. The summed E-state index contributed by atoms with van der Waals surface area (Å²) in [6, 6.07) is 76.7. The summed E-state index contributed by atoms with van der Waals surface area (Å²) >= 11 is 1.84. The van der Waals surface area contributed by atoms with Crippen LogP contribution < -0.4 is 0 Å². The van der Waals surface area contributed by atoms with Gasteiger partial charge in [-0.3, -0.25) is 0 Å². The summed E-state index contributed by atoms with van der Waals surface area (Å²) in [4.78, 5) is 15.7. The Hall–Kier alpha value is -7.79. The molecule has 2 aliphatic rings. The first-order valence-electron chi connectivity index (χ1n) is 21.1. The first-order valence-corrected chi connectivity index (χ1v) is 21.9. The summed E-state index contributed by atoms with van der Waals surface area (Å²) in [5.41, 5.74) is 17.4. The minimum absolute atomic E-state index is 0.406. The average Bonchev–Trinajstić information content (AvgIpc) is 3.98. The third kappa shape index (κ3) is 5.20. The van der Waals surface area contributed by atoms with Crippen LogP contribution in [0.3, 0.4) is 0 Å². The number of fused-ring (bicyclic) bond motifs is 13. The van der Waals surface area contributed by atoms with E-state index in [1.54, 1.807) is 0 Å². The highest BCUT2D eigenvalue weighted by molar-refractivity contribution is 7.25. The predicted octanol–water partition coefficient (Wildman–Crippen LogP) is 14.9. The molecule has 0 fully saturated rings. The summed E-state index contributed by atoms with van der Waals surface area (Å²) in [6.45, 7) is 0. The molecule has 0 saturated carbocycles. The van der Waals surface area contributed by atoms with E-state index in [9.17, 15) is 0 Å². The Kier molecular flexibility index (Phi) is 7.69. The van der Waals surface area contributed by atoms with Crippen LogP contribution in [0.2, 0.25) is 0 Å². The van der Waals surface area contributed by atoms with Gasteiger partial charge in [-0.05, 0) is 91.0 Å². The van der Waals surface area contributed by atoms with Gasteiger partial charge in [0.25, 0.3) is 0 Å². The topological polar surface area (TPSA) is 38.7 Å². The maximum atomic E-state index is 5.26. The fourth-order valence-corrected chi connectivity index (χ4v) is 11.2. The van der Waals surface area contributed by atoms with E-state index in [4.69, 9.17) is 15.0 Å². The molecule has 3 nitrogen and oxygen atoms in total. The summed E-state index contributed by atoms with van der Waals surface area (Å²) in [7, 11) is 0. The van der Waals surface area contributed by atoms with Crippen molar-refractivity contribution in [3.8, 4) is 78.7 Å². The zero-order valence-corrected chi connectivity index (χ0v) is 34.3. The number of rotatable bonds is 5. The zero-order chi connectivity index (χ0) is 40.8. The van der Waals surface area contributed by atoms with Crippen molar-refractivity contribution in [1.29, 1.82) is 0 Å². The molecular formula is C58H35N3S. The van der Waals surface area contributed by atoms with Crippen molar-refractivity contribution >= 4 is 31.5 Å². The fourth-order valence-electron chi connectivity index (χ4n) is 10.2. The van der Waals surface area contributed by atoms with E-state index < -0.39 is 5.41 Å². The van der Waals surface area contributed by atoms with Crippen molar-refractivity contribution in [2.24, 2.45) is 0 Å². The molecule has 9 aromatic carbocycles. The molecule has 0 atom stereocenters. The van der Waals surface area contributed by atoms with E-state index in [1.807, 2.05) is 17.4 Å². The Morgan fingerprint density at radius 2 is 0.694 bits per heavy atom. The molecular weight excluding hydrogens is 771 g/mol. The van der Waals surface area contributed by atoms with Crippen molar-refractivity contribution in [2.45, 2.75) is 5.41 Å². The number of hydrogen-bond acceptors (Lipinski definition) is 4. The number of aromatic nitrogens is 3. The van der Waals surface area contributed by atoms with Gasteiger partial charge in [-0.25, -0.2) is 15.0 Å². The van der Waals surface area contributed by atoms with Crippen molar-refractivity contribution in [1.82, 2.24) is 15.0 Å². The van der Waals surface area contributed by atoms with E-state index in [0.29, 0.717) is 17.5 Å². The van der Waals surface area contributed by atoms with Crippen LogP contribution >= 0.6 is 11.3 Å². The Morgan fingerprint density at radius 3 is 1.32 bits per heavy atom. The normalized spacial score (nSPS) is 13.0. The molecule has 288 valence electrons. The second-order valence-electron chi connectivity index (χ2n) is 16.3. The quantitative estimate of drug-likeness (QED) is 0.174. The highest BCUT2D eigenvalue weighted by Crippen LogP contribution is 2.63. The number of thiophene rings is 1. The molecule has 0 aliphatic heterocycles. The first-order chi connectivity index (χ1) is 30.7. The molecule has 0 radical (unpaired) electrons. The van der Waals surface area contributed by atoms with Crippen LogP contribution in [0.15, 0.2) is 212 Å². The van der Waals surface area contributed by atoms with Gasteiger partial charge in [-0.2, -0.15) is 0 Å². The SMILES string of the molecule is c1ccc(-c2ccc(-c3nc(-c4ccc(-c5ccc6sc7ccccc7c6c5)cc4)nc(-c4ccc5c(c4)-c4ccccc4C54c5ccccc5-c5ccccc54)n3)cc2)cc1. The van der Waals surface area contributed by atoms with Crippen molar-refractivity contribution < 1.29 is 0 Å². The molecule has 4 heteroatoms. The molecule has 0 N–H and O–H groups in total. The number of benzene rings is 9. The van der Waals surface area contributed by atoms with Gasteiger partial charge in [0.1, 0.15) is 0 Å². The summed E-state index contributed by atoms with van der Waals surface area (Å²) in [5, 5.41) is 2.59. The minimum Gasteiger partial charge on any atom is -0.208 e. The van der Waals surface area contributed by atoms with E-state index in [1.165, 1.54) is 75.8 Å². The van der Waals surface area contributed by atoms with Gasteiger partial charge in [0.2, 0.25) is 0 Å². The van der Waals surface area contributed by atoms with Gasteiger partial charge in [-0.1, -0.05) is 188 Å². The van der Waals surface area contributed by atoms with Crippen LogP contribution in [-0.4, -0.2) is 15.0 Å². The zero-order valence-electron chi connectivity index (χ0n) is 33.5. The Balaban J connectivity index is 0.951. The minimum atomic E-state index is -0.406. The highest BCUT2D eigenvalue weighted by atomic mass is 32.1. The lowest BCUT2D eigenvalue weighted by molar-refractivity contribution is 0.794. The van der Waals surface area contributed by atoms with Crippen LogP contribution in [0.1, 0.15) is 22.3 Å². The molecule has 0 bridgehead atoms. The van der Waals surface area contributed by atoms with Crippen LogP contribution in [0.5, 0.6) is 0 Å². The molecule has 0 unspecified atom stereocenters. The summed E-state index contributed by atoms with van der Waals surface area (Å²) < 4.78 is 2.61. The average molecular weight is 806 g/mol. The Labute approximate surface area is 363 Å². The second-order valence-corrected chi connectivity index (χ2v) is 17.4. The lowest BCUT2D eigenvalue weighted by Gasteiger charge is -2.30. The number of nitrogens with zero attached hydrogens (tertiary/aromatic N) is 3. The molecule has 62 heavy (non-hydrogen) atoms. The molecule has 2 aliphatic carbocycles. The van der Waals surface area contributed by atoms with Gasteiger partial charge in [0, 0.05) is 36.9 Å². The van der Waals surface area contributed by atoms with Gasteiger partial charge < -0.3 is 0 Å². The van der Waals surface area contributed by atoms with Gasteiger partial charge in [-0.15, -0.1) is 11.3 Å². The standard InChI is InChI=1S/C58H35N3S/c1-2-12-36(13-3-1)37-22-26-39(27-23-37)55-59-56(40-28-24-38(25-29-40)41-31-33-54-48(34-41)46-17-7-11-21-53(46)62-54)61-57(60-55)42-30-32-52-47(35-42)45-16-6-10-20-51(45)58(52)49-18-8-4-14-43(49)44-15-5-9-19-50(44)58/h1-35H. The molecule has 13 rings (SSSR count). The second kappa shape index (κ2) is 13.6. The van der Waals surface area contributed by atoms with E-state index in [0.717, 1.165) is 27.8 Å². The third-order valence-corrected chi connectivity index (χ3v) is 14.1. The van der Waals surface area contributed by atoms with Crippen molar-refractivity contribution in [3.63, 3.8) is 0 Å². The maximum Gasteiger partial charge on any atom is 0.164 e. The Bertz CT molecular complexity index is 3520. The lowest BCUT2D eigenvalue weighted by atomic mass is 9.70. The molecule has 0 saturated heterocycles. The van der Waals surface area contributed by atoms with E-state index >= 15 is 0 Å². The monoisotopic (exact) mass is 805 g/mol. The van der Waals surface area contributed by atoms with Crippen molar-refractivity contribution in [2.75, 3.05) is 0 Å². The molecule has 1 spiro atoms. The molecule has 11 aromatic rings.